The highest BCUT2D eigenvalue weighted by molar-refractivity contribution is 9.10. The topological polar surface area (TPSA) is 46.6 Å². The van der Waals surface area contributed by atoms with Crippen molar-refractivity contribution < 1.29 is 14.3 Å². The largest absolute Gasteiger partial charge is 0.469 e. The average molecular weight is 300 g/mol. The fraction of sp³-hybridized carbons (Fsp3) is 0.333. The van der Waals surface area contributed by atoms with Gasteiger partial charge in [-0.05, 0) is 18.2 Å². The quantitative estimate of drug-likeness (QED) is 0.802. The molecule has 0 radical (unpaired) electrons. The summed E-state index contributed by atoms with van der Waals surface area (Å²) in [6.45, 7) is 0. The van der Waals surface area contributed by atoms with E-state index in [4.69, 9.17) is 0 Å². The number of ether oxygens (including phenoxy) is 1. The fourth-order valence-electron chi connectivity index (χ4n) is 1.31. The first-order chi connectivity index (χ1) is 8.04. The molecule has 0 unspecified atom stereocenters. The highest BCUT2D eigenvalue weighted by Gasteiger charge is 2.13. The molecule has 0 aliphatic rings. The third-order valence-corrected chi connectivity index (χ3v) is 2.83. The molecule has 0 fully saturated rings. The van der Waals surface area contributed by atoms with E-state index in [-0.39, 0.29) is 24.7 Å². The van der Waals surface area contributed by atoms with Gasteiger partial charge in [-0.3, -0.25) is 9.59 Å². The molecule has 92 valence electrons. The number of hydrogen-bond acceptors (Lipinski definition) is 3. The number of nitrogens with zero attached hydrogens (tertiary/aromatic N) is 1. The van der Waals surface area contributed by atoms with E-state index >= 15 is 0 Å². The highest BCUT2D eigenvalue weighted by Crippen LogP contribution is 2.19. The molecular formula is C12H14BrNO3. The number of anilines is 1. The zero-order valence-electron chi connectivity index (χ0n) is 9.77. The minimum absolute atomic E-state index is 0.105. The zero-order chi connectivity index (χ0) is 12.8. The van der Waals surface area contributed by atoms with E-state index in [0.29, 0.717) is 0 Å². The van der Waals surface area contributed by atoms with Crippen LogP contribution in [-0.2, 0) is 14.3 Å². The number of hydrogen-bond donors (Lipinski definition) is 0. The molecule has 1 aromatic rings. The number of carbonyl (C=O) groups excluding carboxylic acids is 2. The summed E-state index contributed by atoms with van der Waals surface area (Å²) >= 11 is 3.34. The Bertz CT molecular complexity index is 420. The molecule has 0 heterocycles. The lowest BCUT2D eigenvalue weighted by molar-refractivity contribution is -0.141. The van der Waals surface area contributed by atoms with Gasteiger partial charge in [0.15, 0.2) is 0 Å². The zero-order valence-corrected chi connectivity index (χ0v) is 11.4. The van der Waals surface area contributed by atoms with Crippen molar-refractivity contribution in [2.24, 2.45) is 0 Å². The van der Waals surface area contributed by atoms with Gasteiger partial charge in [-0.25, -0.2) is 0 Å². The van der Waals surface area contributed by atoms with Crippen LogP contribution < -0.4 is 4.90 Å². The van der Waals surface area contributed by atoms with E-state index < -0.39 is 0 Å². The van der Waals surface area contributed by atoms with Gasteiger partial charge < -0.3 is 9.64 Å². The Morgan fingerprint density at radius 3 is 2.65 bits per heavy atom. The molecular weight excluding hydrogens is 286 g/mol. The van der Waals surface area contributed by atoms with Crippen LogP contribution in [0.5, 0.6) is 0 Å². The Labute approximate surface area is 109 Å². The third kappa shape index (κ3) is 4.19. The summed E-state index contributed by atoms with van der Waals surface area (Å²) in [5.74, 6) is -0.491. The molecule has 1 amide bonds. The summed E-state index contributed by atoms with van der Waals surface area (Å²) in [5, 5.41) is 0. The van der Waals surface area contributed by atoms with Gasteiger partial charge in [-0.15, -0.1) is 0 Å². The van der Waals surface area contributed by atoms with Crippen LogP contribution >= 0.6 is 15.9 Å². The lowest BCUT2D eigenvalue weighted by atomic mass is 10.2. The van der Waals surface area contributed by atoms with E-state index in [1.807, 2.05) is 24.3 Å². The maximum absolute atomic E-state index is 11.8. The highest BCUT2D eigenvalue weighted by atomic mass is 79.9. The van der Waals surface area contributed by atoms with Crippen molar-refractivity contribution in [2.45, 2.75) is 12.8 Å². The standard InChI is InChI=1S/C12H14BrNO3/c1-14(10-5-3-4-9(13)8-10)11(15)6-7-12(16)17-2/h3-5,8H,6-7H2,1-2H3. The van der Waals surface area contributed by atoms with Crippen molar-refractivity contribution in [1.82, 2.24) is 0 Å². The Kier molecular flexibility index (Phi) is 5.15. The van der Waals surface area contributed by atoms with E-state index in [0.717, 1.165) is 10.2 Å². The Hall–Kier alpha value is -1.36. The molecule has 0 atom stereocenters. The molecule has 0 N–H and O–H groups in total. The smallest absolute Gasteiger partial charge is 0.306 e. The molecule has 0 spiro atoms. The van der Waals surface area contributed by atoms with Crippen LogP contribution in [0.2, 0.25) is 0 Å². The number of rotatable bonds is 4. The molecule has 1 aromatic carbocycles. The van der Waals surface area contributed by atoms with E-state index in [2.05, 4.69) is 20.7 Å². The van der Waals surface area contributed by atoms with Gasteiger partial charge in [-0.2, -0.15) is 0 Å². The fourth-order valence-corrected chi connectivity index (χ4v) is 1.69. The van der Waals surface area contributed by atoms with Gasteiger partial charge in [-0.1, -0.05) is 22.0 Å². The van der Waals surface area contributed by atoms with Crippen molar-refractivity contribution in [2.75, 3.05) is 19.1 Å². The molecule has 0 aliphatic heterocycles. The first-order valence-corrected chi connectivity index (χ1v) is 5.93. The second-order valence-electron chi connectivity index (χ2n) is 3.51. The normalized spacial score (nSPS) is 9.82. The van der Waals surface area contributed by atoms with Gasteiger partial charge in [0.05, 0.1) is 13.5 Å². The molecule has 0 aromatic heterocycles. The molecule has 0 saturated carbocycles. The maximum atomic E-state index is 11.8. The van der Waals surface area contributed by atoms with Crippen LogP contribution in [-0.4, -0.2) is 26.0 Å². The third-order valence-electron chi connectivity index (χ3n) is 2.34. The van der Waals surface area contributed by atoms with Gasteiger partial charge in [0.25, 0.3) is 0 Å². The van der Waals surface area contributed by atoms with Crippen molar-refractivity contribution in [3.8, 4) is 0 Å². The van der Waals surface area contributed by atoms with Crippen LogP contribution in [0.25, 0.3) is 0 Å². The van der Waals surface area contributed by atoms with Gasteiger partial charge >= 0.3 is 5.97 Å². The summed E-state index contributed by atoms with van der Waals surface area (Å²) in [5.41, 5.74) is 0.786. The Morgan fingerprint density at radius 1 is 1.35 bits per heavy atom. The maximum Gasteiger partial charge on any atom is 0.306 e. The second-order valence-corrected chi connectivity index (χ2v) is 4.42. The Balaban J connectivity index is 2.60. The summed E-state index contributed by atoms with van der Waals surface area (Å²) in [7, 11) is 2.99. The number of amides is 1. The first kappa shape index (κ1) is 13.7. The van der Waals surface area contributed by atoms with E-state index in [1.54, 1.807) is 7.05 Å². The monoisotopic (exact) mass is 299 g/mol. The van der Waals surface area contributed by atoms with Gasteiger partial charge in [0.2, 0.25) is 5.91 Å². The molecule has 17 heavy (non-hydrogen) atoms. The SMILES string of the molecule is COC(=O)CCC(=O)N(C)c1cccc(Br)c1. The van der Waals surface area contributed by atoms with Gasteiger partial charge in [0, 0.05) is 23.6 Å². The lowest BCUT2D eigenvalue weighted by Gasteiger charge is -2.17. The number of carbonyl (C=O) groups is 2. The van der Waals surface area contributed by atoms with Crippen LogP contribution in [0, 0.1) is 0 Å². The summed E-state index contributed by atoms with van der Waals surface area (Å²) in [4.78, 5) is 24.2. The van der Waals surface area contributed by atoms with Crippen molar-refractivity contribution >= 4 is 33.5 Å². The number of methoxy groups -OCH3 is 1. The minimum Gasteiger partial charge on any atom is -0.469 e. The Morgan fingerprint density at radius 2 is 2.06 bits per heavy atom. The molecule has 1 rings (SSSR count). The van der Waals surface area contributed by atoms with Crippen molar-refractivity contribution in [3.63, 3.8) is 0 Å². The first-order valence-electron chi connectivity index (χ1n) is 5.13. The lowest BCUT2D eigenvalue weighted by Crippen LogP contribution is -2.26. The minimum atomic E-state index is -0.374. The van der Waals surface area contributed by atoms with E-state index in [9.17, 15) is 9.59 Å². The van der Waals surface area contributed by atoms with Crippen LogP contribution in [0.4, 0.5) is 5.69 Å². The number of benzene rings is 1. The second kappa shape index (κ2) is 6.39. The predicted molar refractivity (Wildman–Crippen MR) is 68.8 cm³/mol. The summed E-state index contributed by atoms with van der Waals surface area (Å²) in [6.07, 6.45) is 0.253. The van der Waals surface area contributed by atoms with Crippen molar-refractivity contribution in [3.05, 3.63) is 28.7 Å². The molecule has 4 nitrogen and oxygen atoms in total. The number of halogens is 1. The predicted octanol–water partition coefficient (Wildman–Crippen LogP) is 2.37. The van der Waals surface area contributed by atoms with Crippen LogP contribution in [0.3, 0.4) is 0 Å². The average Bonchev–Trinajstić information content (AvgIpc) is 2.34. The van der Waals surface area contributed by atoms with Gasteiger partial charge in [0.1, 0.15) is 0 Å². The molecule has 0 saturated heterocycles. The summed E-state index contributed by atoms with van der Waals surface area (Å²) < 4.78 is 5.39. The van der Waals surface area contributed by atoms with Crippen molar-refractivity contribution in [1.29, 1.82) is 0 Å². The molecule has 5 heteroatoms. The molecule has 0 bridgehead atoms. The van der Waals surface area contributed by atoms with Crippen LogP contribution in [0.15, 0.2) is 28.7 Å². The summed E-state index contributed by atoms with van der Waals surface area (Å²) in [6, 6.07) is 7.41. The number of esters is 1. The van der Waals surface area contributed by atoms with Crippen LogP contribution in [0.1, 0.15) is 12.8 Å². The van der Waals surface area contributed by atoms with E-state index in [1.165, 1.54) is 12.0 Å². The molecule has 0 aliphatic carbocycles.